The van der Waals surface area contributed by atoms with Gasteiger partial charge in [0, 0.05) is 18.0 Å². The van der Waals surface area contributed by atoms with E-state index in [9.17, 15) is 9.18 Å². The minimum atomic E-state index is -0.946. The van der Waals surface area contributed by atoms with Gasteiger partial charge in [-0.25, -0.2) is 4.39 Å². The molecule has 1 aromatic rings. The zero-order valence-corrected chi connectivity index (χ0v) is 10.3. The fourth-order valence-corrected chi connectivity index (χ4v) is 1.83. The van der Waals surface area contributed by atoms with Gasteiger partial charge in [-0.15, -0.1) is 0 Å². The standard InChI is InChI=1S/C12H15ClFNO2/c1-2-7-5-8(12(14)9(13)6-7)10(15)3-4-11(16)17/h5-6,10H,2-4,15H2,1H3,(H,16,17). The number of benzene rings is 1. The first-order valence-corrected chi connectivity index (χ1v) is 5.78. The van der Waals surface area contributed by atoms with Crippen LogP contribution in [-0.4, -0.2) is 11.1 Å². The molecule has 1 rings (SSSR count). The highest BCUT2D eigenvalue weighted by Gasteiger charge is 2.16. The quantitative estimate of drug-likeness (QED) is 0.855. The number of halogens is 2. The third-order valence-electron chi connectivity index (χ3n) is 2.59. The highest BCUT2D eigenvalue weighted by atomic mass is 35.5. The number of nitrogens with two attached hydrogens (primary N) is 1. The van der Waals surface area contributed by atoms with Crippen LogP contribution in [0.15, 0.2) is 12.1 Å². The van der Waals surface area contributed by atoms with Crippen molar-refractivity contribution in [3.63, 3.8) is 0 Å². The molecule has 0 spiro atoms. The second-order valence-electron chi connectivity index (χ2n) is 3.87. The Labute approximate surface area is 104 Å². The number of hydrogen-bond acceptors (Lipinski definition) is 2. The van der Waals surface area contributed by atoms with Crippen LogP contribution in [0, 0.1) is 5.82 Å². The lowest BCUT2D eigenvalue weighted by Gasteiger charge is -2.14. The predicted octanol–water partition coefficient (Wildman–Crippen LogP) is 2.91. The molecule has 0 aromatic heterocycles. The highest BCUT2D eigenvalue weighted by molar-refractivity contribution is 6.30. The van der Waals surface area contributed by atoms with Crippen molar-refractivity contribution in [3.05, 3.63) is 34.1 Å². The van der Waals surface area contributed by atoms with Crippen LogP contribution in [0.3, 0.4) is 0 Å². The average molecular weight is 260 g/mol. The Bertz CT molecular complexity index is 423. The number of carboxylic acids is 1. The number of hydrogen-bond donors (Lipinski definition) is 2. The van der Waals surface area contributed by atoms with E-state index in [0.29, 0.717) is 0 Å². The fourth-order valence-electron chi connectivity index (χ4n) is 1.58. The van der Waals surface area contributed by atoms with E-state index in [2.05, 4.69) is 0 Å². The van der Waals surface area contributed by atoms with Crippen LogP contribution in [0.25, 0.3) is 0 Å². The van der Waals surface area contributed by atoms with Gasteiger partial charge in [0.1, 0.15) is 5.82 Å². The van der Waals surface area contributed by atoms with Crippen molar-refractivity contribution in [1.29, 1.82) is 0 Å². The van der Waals surface area contributed by atoms with Gasteiger partial charge < -0.3 is 10.8 Å². The molecule has 3 N–H and O–H groups in total. The van der Waals surface area contributed by atoms with Crippen LogP contribution in [0.5, 0.6) is 0 Å². The van der Waals surface area contributed by atoms with Crippen molar-refractivity contribution in [1.82, 2.24) is 0 Å². The Balaban J connectivity index is 2.95. The van der Waals surface area contributed by atoms with Gasteiger partial charge in [0.25, 0.3) is 0 Å². The van der Waals surface area contributed by atoms with E-state index in [1.807, 2.05) is 6.92 Å². The predicted molar refractivity (Wildman–Crippen MR) is 64.6 cm³/mol. The summed E-state index contributed by atoms with van der Waals surface area (Å²) < 4.78 is 13.7. The summed E-state index contributed by atoms with van der Waals surface area (Å²) in [6.07, 6.45) is 0.822. The molecule has 94 valence electrons. The molecule has 1 unspecified atom stereocenters. The molecule has 0 aliphatic carbocycles. The second-order valence-corrected chi connectivity index (χ2v) is 4.28. The molecule has 0 fully saturated rings. The number of carboxylic acid groups (broad SMARTS) is 1. The summed E-state index contributed by atoms with van der Waals surface area (Å²) >= 11 is 5.76. The second kappa shape index (κ2) is 5.98. The molecule has 0 aliphatic rings. The third-order valence-corrected chi connectivity index (χ3v) is 2.87. The van der Waals surface area contributed by atoms with Crippen molar-refractivity contribution in [2.24, 2.45) is 5.73 Å². The van der Waals surface area contributed by atoms with Crippen LogP contribution in [0.4, 0.5) is 4.39 Å². The summed E-state index contributed by atoms with van der Waals surface area (Å²) in [6, 6.07) is 2.56. The van der Waals surface area contributed by atoms with Crippen LogP contribution >= 0.6 is 11.6 Å². The largest absolute Gasteiger partial charge is 0.481 e. The maximum Gasteiger partial charge on any atom is 0.303 e. The number of rotatable bonds is 5. The van der Waals surface area contributed by atoms with Crippen molar-refractivity contribution in [2.75, 3.05) is 0 Å². The molecule has 0 heterocycles. The van der Waals surface area contributed by atoms with Crippen molar-refractivity contribution in [3.8, 4) is 0 Å². The smallest absolute Gasteiger partial charge is 0.303 e. The zero-order chi connectivity index (χ0) is 13.0. The summed E-state index contributed by atoms with van der Waals surface area (Å²) in [5, 5.41) is 8.59. The molecule has 0 bridgehead atoms. The van der Waals surface area contributed by atoms with Crippen molar-refractivity contribution in [2.45, 2.75) is 32.2 Å². The van der Waals surface area contributed by atoms with Crippen LogP contribution in [-0.2, 0) is 11.2 Å². The number of carbonyl (C=O) groups is 1. The Morgan fingerprint density at radius 1 is 1.59 bits per heavy atom. The molecule has 0 radical (unpaired) electrons. The number of aliphatic carboxylic acids is 1. The van der Waals surface area contributed by atoms with Crippen LogP contribution in [0.1, 0.15) is 36.9 Å². The van der Waals surface area contributed by atoms with E-state index in [1.165, 1.54) is 0 Å². The molecule has 17 heavy (non-hydrogen) atoms. The van der Waals surface area contributed by atoms with E-state index in [4.69, 9.17) is 22.4 Å². The molecule has 5 heteroatoms. The van der Waals surface area contributed by atoms with E-state index >= 15 is 0 Å². The Morgan fingerprint density at radius 2 is 2.24 bits per heavy atom. The Kier molecular flexibility index (Phi) is 4.90. The van der Waals surface area contributed by atoms with Gasteiger partial charge in [-0.1, -0.05) is 24.6 Å². The molecule has 0 aliphatic heterocycles. The van der Waals surface area contributed by atoms with E-state index < -0.39 is 17.8 Å². The molecule has 0 saturated heterocycles. The Morgan fingerprint density at radius 3 is 2.76 bits per heavy atom. The lowest BCUT2D eigenvalue weighted by Crippen LogP contribution is -2.14. The normalized spacial score (nSPS) is 12.5. The first-order chi connectivity index (χ1) is 7.95. The summed E-state index contributed by atoms with van der Waals surface area (Å²) in [7, 11) is 0. The average Bonchev–Trinajstić information content (AvgIpc) is 2.29. The van der Waals surface area contributed by atoms with Gasteiger partial charge in [0.05, 0.1) is 5.02 Å². The summed E-state index contributed by atoms with van der Waals surface area (Å²) in [5.74, 6) is -1.50. The van der Waals surface area contributed by atoms with E-state index in [0.717, 1.165) is 12.0 Å². The van der Waals surface area contributed by atoms with Crippen LogP contribution < -0.4 is 5.73 Å². The van der Waals surface area contributed by atoms with Gasteiger partial charge in [0.2, 0.25) is 0 Å². The monoisotopic (exact) mass is 259 g/mol. The van der Waals surface area contributed by atoms with Gasteiger partial charge in [-0.3, -0.25) is 4.79 Å². The van der Waals surface area contributed by atoms with Gasteiger partial charge in [0.15, 0.2) is 0 Å². The number of aryl methyl sites for hydroxylation is 1. The molecular weight excluding hydrogens is 245 g/mol. The molecular formula is C12H15ClFNO2. The lowest BCUT2D eigenvalue weighted by molar-refractivity contribution is -0.137. The van der Waals surface area contributed by atoms with Crippen molar-refractivity contribution < 1.29 is 14.3 Å². The van der Waals surface area contributed by atoms with Crippen molar-refractivity contribution >= 4 is 17.6 Å². The van der Waals surface area contributed by atoms with Gasteiger partial charge in [-0.05, 0) is 24.5 Å². The van der Waals surface area contributed by atoms with Crippen LogP contribution in [0.2, 0.25) is 5.02 Å². The third kappa shape index (κ3) is 3.68. The SMILES string of the molecule is CCc1cc(Cl)c(F)c(C(N)CCC(=O)O)c1. The minimum Gasteiger partial charge on any atom is -0.481 e. The summed E-state index contributed by atoms with van der Waals surface area (Å²) in [4.78, 5) is 10.4. The first-order valence-electron chi connectivity index (χ1n) is 5.40. The zero-order valence-electron chi connectivity index (χ0n) is 9.54. The first kappa shape index (κ1) is 13.9. The molecule has 0 saturated carbocycles. The minimum absolute atomic E-state index is 0.0325. The van der Waals surface area contributed by atoms with E-state index in [1.54, 1.807) is 12.1 Å². The Hall–Kier alpha value is -1.13. The van der Waals surface area contributed by atoms with Gasteiger partial charge in [-0.2, -0.15) is 0 Å². The molecule has 1 atom stereocenters. The molecule has 3 nitrogen and oxygen atoms in total. The maximum atomic E-state index is 13.7. The fraction of sp³-hybridized carbons (Fsp3) is 0.417. The molecule has 1 aromatic carbocycles. The molecule has 0 amide bonds. The highest BCUT2D eigenvalue weighted by Crippen LogP contribution is 2.27. The van der Waals surface area contributed by atoms with E-state index in [-0.39, 0.29) is 23.4 Å². The van der Waals surface area contributed by atoms with Gasteiger partial charge >= 0.3 is 5.97 Å². The summed E-state index contributed by atoms with van der Waals surface area (Å²) in [5.41, 5.74) is 6.95. The maximum absolute atomic E-state index is 13.7. The summed E-state index contributed by atoms with van der Waals surface area (Å²) in [6.45, 7) is 1.93. The topological polar surface area (TPSA) is 63.3 Å². The lowest BCUT2D eigenvalue weighted by atomic mass is 9.99.